The van der Waals surface area contributed by atoms with Crippen molar-refractivity contribution in [2.24, 2.45) is 5.92 Å². The minimum Gasteiger partial charge on any atom is -0.367 e. The number of likely N-dealkylation sites (tertiary alicyclic amines) is 1. The Morgan fingerprint density at radius 1 is 1.35 bits per heavy atom. The average molecular weight is 341 g/mol. The lowest BCUT2D eigenvalue weighted by atomic mass is 9.94. The smallest absolute Gasteiger partial charge is 0.137 e. The fourth-order valence-electron chi connectivity index (χ4n) is 2.59. The molecule has 2 atom stereocenters. The number of halogens is 1. The van der Waals surface area contributed by atoms with Crippen LogP contribution in [0, 0.1) is 5.92 Å². The Bertz CT molecular complexity index is 469. The molecule has 20 heavy (non-hydrogen) atoms. The van der Waals surface area contributed by atoms with Crippen LogP contribution in [0.3, 0.4) is 0 Å². The lowest BCUT2D eigenvalue weighted by molar-refractivity contribution is 0.206. The van der Waals surface area contributed by atoms with Gasteiger partial charge in [-0.2, -0.15) is 0 Å². The Morgan fingerprint density at radius 2 is 2.05 bits per heavy atom. The van der Waals surface area contributed by atoms with E-state index in [4.69, 9.17) is 0 Å². The number of nitrogens with zero attached hydrogens (tertiary/aromatic N) is 3. The first-order chi connectivity index (χ1) is 9.25. The molecule has 0 spiro atoms. The summed E-state index contributed by atoms with van der Waals surface area (Å²) < 4.78 is 0.848. The van der Waals surface area contributed by atoms with Gasteiger partial charge in [-0.05, 0) is 41.9 Å². The van der Waals surface area contributed by atoms with Crippen molar-refractivity contribution in [1.82, 2.24) is 14.9 Å². The minimum absolute atomic E-state index is 0.0430. The van der Waals surface area contributed by atoms with E-state index in [1.54, 1.807) is 0 Å². The molecular weight excluding hydrogens is 316 g/mol. The Labute approximate surface area is 130 Å². The number of hydrogen-bond acceptors (Lipinski definition) is 4. The number of anilines is 1. The first-order valence-corrected chi connectivity index (χ1v) is 8.05. The number of aromatic nitrogens is 2. The molecule has 0 aliphatic carbocycles. The summed E-state index contributed by atoms with van der Waals surface area (Å²) in [6.07, 6.45) is 1.16. The summed E-state index contributed by atoms with van der Waals surface area (Å²) in [4.78, 5) is 11.6. The van der Waals surface area contributed by atoms with Crippen LogP contribution in [0.2, 0.25) is 0 Å². The Balaban J connectivity index is 2.15. The maximum absolute atomic E-state index is 4.69. The van der Waals surface area contributed by atoms with Gasteiger partial charge in [0.1, 0.15) is 16.2 Å². The zero-order valence-corrected chi connectivity index (χ0v) is 14.7. The van der Waals surface area contributed by atoms with Gasteiger partial charge in [-0.1, -0.05) is 27.7 Å². The zero-order chi connectivity index (χ0) is 14.9. The quantitative estimate of drug-likeness (QED) is 0.838. The molecule has 0 aromatic carbocycles. The van der Waals surface area contributed by atoms with E-state index in [0.717, 1.165) is 35.8 Å². The van der Waals surface area contributed by atoms with Gasteiger partial charge in [0.2, 0.25) is 0 Å². The second kappa shape index (κ2) is 5.98. The monoisotopic (exact) mass is 340 g/mol. The first-order valence-electron chi connectivity index (χ1n) is 7.26. The molecule has 1 aromatic heterocycles. The molecular formula is C15H25BrN4. The van der Waals surface area contributed by atoms with Crippen molar-refractivity contribution in [1.29, 1.82) is 0 Å². The van der Waals surface area contributed by atoms with Crippen molar-refractivity contribution in [2.45, 2.75) is 45.6 Å². The molecule has 4 nitrogen and oxygen atoms in total. The number of hydrogen-bond donors (Lipinski definition) is 1. The van der Waals surface area contributed by atoms with Crippen LogP contribution in [0.15, 0.2) is 10.7 Å². The second-order valence-electron chi connectivity index (χ2n) is 6.93. The molecule has 112 valence electrons. The average Bonchev–Trinajstić information content (AvgIpc) is 2.31. The van der Waals surface area contributed by atoms with Crippen LogP contribution in [-0.2, 0) is 5.41 Å². The van der Waals surface area contributed by atoms with Gasteiger partial charge in [0, 0.05) is 24.1 Å². The van der Waals surface area contributed by atoms with E-state index in [-0.39, 0.29) is 5.41 Å². The van der Waals surface area contributed by atoms with Gasteiger partial charge in [-0.25, -0.2) is 9.97 Å². The van der Waals surface area contributed by atoms with E-state index in [9.17, 15) is 0 Å². The highest BCUT2D eigenvalue weighted by molar-refractivity contribution is 9.10. The Morgan fingerprint density at radius 3 is 2.65 bits per heavy atom. The molecule has 1 aromatic rings. The Kier molecular flexibility index (Phi) is 4.69. The van der Waals surface area contributed by atoms with Gasteiger partial charge in [-0.15, -0.1) is 0 Å². The van der Waals surface area contributed by atoms with Crippen LogP contribution in [0.5, 0.6) is 0 Å². The maximum atomic E-state index is 4.69. The summed E-state index contributed by atoms with van der Waals surface area (Å²) in [5.41, 5.74) is -0.0430. The summed E-state index contributed by atoms with van der Waals surface area (Å²) in [6, 6.07) is 2.46. The van der Waals surface area contributed by atoms with E-state index < -0.39 is 0 Å². The van der Waals surface area contributed by atoms with Crippen molar-refractivity contribution in [3.05, 3.63) is 16.5 Å². The van der Waals surface area contributed by atoms with Gasteiger partial charge in [0.25, 0.3) is 0 Å². The second-order valence-corrected chi connectivity index (χ2v) is 7.74. The molecule has 0 radical (unpaired) electrons. The molecule has 0 bridgehead atoms. The van der Waals surface area contributed by atoms with Crippen molar-refractivity contribution >= 4 is 21.7 Å². The molecule has 2 unspecified atom stereocenters. The lowest BCUT2D eigenvalue weighted by Gasteiger charge is -2.35. The SMILES string of the molecule is CC1CN(C)CCC1Nc1cc(Br)nc(C(C)(C)C)n1. The largest absolute Gasteiger partial charge is 0.367 e. The van der Waals surface area contributed by atoms with E-state index in [2.05, 4.69) is 70.9 Å². The van der Waals surface area contributed by atoms with Crippen LogP contribution in [-0.4, -0.2) is 41.0 Å². The standard InChI is InChI=1S/C15H25BrN4/c1-10-9-20(5)7-6-11(10)17-13-8-12(16)18-14(19-13)15(2,3)4/h8,10-11H,6-7,9H2,1-5H3,(H,17,18,19). The fraction of sp³-hybridized carbons (Fsp3) is 0.733. The van der Waals surface area contributed by atoms with Gasteiger partial charge in [0.05, 0.1) is 0 Å². The van der Waals surface area contributed by atoms with Crippen LogP contribution in [0.1, 0.15) is 39.9 Å². The fourth-order valence-corrected chi connectivity index (χ4v) is 2.97. The van der Waals surface area contributed by atoms with Gasteiger partial charge in [-0.3, -0.25) is 0 Å². The molecule has 1 aliphatic heterocycles. The van der Waals surface area contributed by atoms with Crippen molar-refractivity contribution in [2.75, 3.05) is 25.5 Å². The summed E-state index contributed by atoms with van der Waals surface area (Å²) in [5, 5.41) is 3.60. The van der Waals surface area contributed by atoms with Crippen molar-refractivity contribution in [3.8, 4) is 0 Å². The molecule has 5 heteroatoms. The number of piperidine rings is 1. The molecule has 2 heterocycles. The topological polar surface area (TPSA) is 41.0 Å². The van der Waals surface area contributed by atoms with E-state index in [0.29, 0.717) is 12.0 Å². The zero-order valence-electron chi connectivity index (χ0n) is 13.1. The first kappa shape index (κ1) is 15.7. The van der Waals surface area contributed by atoms with Crippen LogP contribution in [0.4, 0.5) is 5.82 Å². The molecule has 0 saturated carbocycles. The highest BCUT2D eigenvalue weighted by Crippen LogP contribution is 2.25. The maximum Gasteiger partial charge on any atom is 0.137 e. The third-order valence-corrected chi connectivity index (χ3v) is 4.21. The summed E-state index contributed by atoms with van der Waals surface area (Å²) >= 11 is 3.50. The van der Waals surface area contributed by atoms with E-state index in [1.165, 1.54) is 0 Å². The van der Waals surface area contributed by atoms with Gasteiger partial charge in [0.15, 0.2) is 0 Å². The van der Waals surface area contributed by atoms with Gasteiger partial charge < -0.3 is 10.2 Å². The predicted molar refractivity (Wildman–Crippen MR) is 87.1 cm³/mol. The molecule has 1 aliphatic rings. The molecule has 1 fully saturated rings. The molecule has 1 N–H and O–H groups in total. The van der Waals surface area contributed by atoms with Crippen molar-refractivity contribution in [3.63, 3.8) is 0 Å². The Hall–Kier alpha value is -0.680. The summed E-state index contributed by atoms with van der Waals surface area (Å²) in [5.74, 6) is 2.42. The van der Waals surface area contributed by atoms with Crippen LogP contribution < -0.4 is 5.32 Å². The number of rotatable bonds is 2. The number of nitrogens with one attached hydrogen (secondary N) is 1. The predicted octanol–water partition coefficient (Wildman–Crippen LogP) is 3.29. The third-order valence-electron chi connectivity index (χ3n) is 3.81. The molecule has 0 amide bonds. The normalized spacial score (nSPS) is 24.7. The summed E-state index contributed by atoms with van der Waals surface area (Å²) in [7, 11) is 2.19. The molecule has 2 rings (SSSR count). The lowest BCUT2D eigenvalue weighted by Crippen LogP contribution is -2.43. The van der Waals surface area contributed by atoms with E-state index in [1.807, 2.05) is 6.07 Å². The highest BCUT2D eigenvalue weighted by Gasteiger charge is 2.25. The third kappa shape index (κ3) is 3.92. The molecule has 1 saturated heterocycles. The van der Waals surface area contributed by atoms with Crippen molar-refractivity contribution < 1.29 is 0 Å². The van der Waals surface area contributed by atoms with Gasteiger partial charge >= 0.3 is 0 Å². The minimum atomic E-state index is -0.0430. The van der Waals surface area contributed by atoms with Crippen LogP contribution >= 0.6 is 15.9 Å². The van der Waals surface area contributed by atoms with Crippen LogP contribution in [0.25, 0.3) is 0 Å². The summed E-state index contributed by atoms with van der Waals surface area (Å²) in [6.45, 7) is 11.0. The highest BCUT2D eigenvalue weighted by atomic mass is 79.9. The van der Waals surface area contributed by atoms with E-state index >= 15 is 0 Å².